The van der Waals surface area contributed by atoms with Gasteiger partial charge in [-0.3, -0.25) is 0 Å². The summed E-state index contributed by atoms with van der Waals surface area (Å²) < 4.78 is 4.98. The van der Waals surface area contributed by atoms with Crippen LogP contribution >= 0.6 is 23.4 Å². The van der Waals surface area contributed by atoms with Crippen LogP contribution in [-0.2, 0) is 11.3 Å². The number of aliphatic hydroxyl groups is 1. The molecule has 5 heteroatoms. The predicted molar refractivity (Wildman–Crippen MR) is 82.0 cm³/mol. The maximum atomic E-state index is 9.00. The molecule has 1 unspecified atom stereocenters. The molecule has 2 N–H and O–H groups in total. The van der Waals surface area contributed by atoms with Gasteiger partial charge in [0.25, 0.3) is 0 Å². The highest BCUT2D eigenvalue weighted by atomic mass is 35.5. The van der Waals surface area contributed by atoms with Crippen molar-refractivity contribution in [3.05, 3.63) is 28.8 Å². The molecule has 0 bridgehead atoms. The molecule has 0 saturated heterocycles. The summed E-state index contributed by atoms with van der Waals surface area (Å²) in [4.78, 5) is 1.07. The van der Waals surface area contributed by atoms with E-state index in [9.17, 15) is 0 Å². The van der Waals surface area contributed by atoms with E-state index in [1.807, 2.05) is 19.1 Å². The lowest BCUT2D eigenvalue weighted by atomic mass is 10.2. The fourth-order valence-electron chi connectivity index (χ4n) is 1.46. The molecule has 1 aromatic carbocycles. The first kappa shape index (κ1) is 16.8. The summed E-state index contributed by atoms with van der Waals surface area (Å²) in [7, 11) is 1.69. The highest BCUT2D eigenvalue weighted by Crippen LogP contribution is 2.29. The van der Waals surface area contributed by atoms with Crippen LogP contribution in [0.3, 0.4) is 0 Å². The maximum absolute atomic E-state index is 9.00. The first-order valence-corrected chi connectivity index (χ1v) is 7.75. The van der Waals surface area contributed by atoms with Gasteiger partial charge in [-0.05, 0) is 23.6 Å². The molecule has 0 aliphatic heterocycles. The van der Waals surface area contributed by atoms with Gasteiger partial charge < -0.3 is 15.2 Å². The summed E-state index contributed by atoms with van der Waals surface area (Å²) in [5.74, 6) is 1.17. The number of ether oxygens (including phenoxy) is 1. The van der Waals surface area contributed by atoms with E-state index in [1.54, 1.807) is 18.9 Å². The first-order chi connectivity index (χ1) is 9.17. The highest BCUT2D eigenvalue weighted by Gasteiger charge is 2.06. The zero-order valence-corrected chi connectivity index (χ0v) is 13.1. The van der Waals surface area contributed by atoms with Gasteiger partial charge in [0.1, 0.15) is 0 Å². The summed E-state index contributed by atoms with van der Waals surface area (Å²) in [5, 5.41) is 13.1. The Morgan fingerprint density at radius 1 is 1.47 bits per heavy atom. The summed E-state index contributed by atoms with van der Waals surface area (Å²) in [6.07, 6.45) is 0. The van der Waals surface area contributed by atoms with Crippen molar-refractivity contribution in [2.45, 2.75) is 18.4 Å². The van der Waals surface area contributed by atoms with Crippen molar-refractivity contribution in [2.24, 2.45) is 5.92 Å². The molecule has 0 heterocycles. The lowest BCUT2D eigenvalue weighted by Crippen LogP contribution is -2.18. The lowest BCUT2D eigenvalue weighted by Gasteiger charge is -2.10. The van der Waals surface area contributed by atoms with Crippen LogP contribution in [0.15, 0.2) is 23.1 Å². The average molecular weight is 304 g/mol. The topological polar surface area (TPSA) is 41.5 Å². The van der Waals surface area contributed by atoms with Gasteiger partial charge >= 0.3 is 0 Å². The van der Waals surface area contributed by atoms with Crippen LogP contribution in [-0.4, -0.2) is 37.7 Å². The third-order valence-corrected chi connectivity index (χ3v) is 4.47. The second kappa shape index (κ2) is 9.61. The quantitative estimate of drug-likeness (QED) is 0.544. The van der Waals surface area contributed by atoms with Crippen molar-refractivity contribution >= 4 is 23.4 Å². The van der Waals surface area contributed by atoms with Crippen LogP contribution in [0.25, 0.3) is 0 Å². The normalized spacial score (nSPS) is 12.6. The van der Waals surface area contributed by atoms with E-state index in [0.29, 0.717) is 6.61 Å². The second-order valence-electron chi connectivity index (χ2n) is 4.53. The van der Waals surface area contributed by atoms with Crippen LogP contribution in [0.2, 0.25) is 5.02 Å². The standard InChI is InChI=1S/C14H22ClNO2S/c1-11(9-17)10-19-14-4-3-12(7-13(14)15)8-16-5-6-18-2/h3-4,7,11,16-17H,5-6,8-10H2,1-2H3. The summed E-state index contributed by atoms with van der Waals surface area (Å²) >= 11 is 7.95. The fraction of sp³-hybridized carbons (Fsp3) is 0.571. The number of hydrogen-bond donors (Lipinski definition) is 2. The molecule has 0 fully saturated rings. The van der Waals surface area contributed by atoms with E-state index in [-0.39, 0.29) is 12.5 Å². The van der Waals surface area contributed by atoms with E-state index >= 15 is 0 Å². The van der Waals surface area contributed by atoms with Crippen LogP contribution in [0.5, 0.6) is 0 Å². The first-order valence-electron chi connectivity index (χ1n) is 6.39. The molecule has 0 aliphatic rings. The van der Waals surface area contributed by atoms with Crippen LogP contribution in [0.4, 0.5) is 0 Å². The van der Waals surface area contributed by atoms with Gasteiger partial charge in [-0.15, -0.1) is 11.8 Å². The van der Waals surface area contributed by atoms with Crippen molar-refractivity contribution in [3.8, 4) is 0 Å². The summed E-state index contributed by atoms with van der Waals surface area (Å²) in [6.45, 7) is 4.57. The van der Waals surface area contributed by atoms with Crippen molar-refractivity contribution in [2.75, 3.05) is 32.6 Å². The Hall–Kier alpha value is -0.260. The Labute approximate surface area is 124 Å². The lowest BCUT2D eigenvalue weighted by molar-refractivity contribution is 0.199. The predicted octanol–water partition coefficient (Wildman–Crippen LogP) is 2.80. The number of halogens is 1. The SMILES string of the molecule is COCCNCc1ccc(SCC(C)CO)c(Cl)c1. The minimum atomic E-state index is 0.214. The molecule has 0 spiro atoms. The molecule has 0 amide bonds. The van der Waals surface area contributed by atoms with Gasteiger partial charge in [0.15, 0.2) is 0 Å². The molecule has 108 valence electrons. The molecule has 19 heavy (non-hydrogen) atoms. The average Bonchev–Trinajstić information content (AvgIpc) is 2.42. The molecule has 0 radical (unpaired) electrons. The molecule has 3 nitrogen and oxygen atoms in total. The number of thioether (sulfide) groups is 1. The van der Waals surface area contributed by atoms with Gasteiger partial charge in [-0.25, -0.2) is 0 Å². The molecule has 1 rings (SSSR count). The maximum Gasteiger partial charge on any atom is 0.0587 e. The zero-order valence-electron chi connectivity index (χ0n) is 11.5. The number of hydrogen-bond acceptors (Lipinski definition) is 4. The van der Waals surface area contributed by atoms with Crippen molar-refractivity contribution in [3.63, 3.8) is 0 Å². The van der Waals surface area contributed by atoms with Crippen molar-refractivity contribution in [1.29, 1.82) is 0 Å². The van der Waals surface area contributed by atoms with Crippen molar-refractivity contribution in [1.82, 2.24) is 5.32 Å². The minimum absolute atomic E-state index is 0.214. The van der Waals surface area contributed by atoms with Gasteiger partial charge in [0.05, 0.1) is 11.6 Å². The third kappa shape index (κ3) is 6.63. The fourth-order valence-corrected chi connectivity index (χ4v) is 2.76. The largest absolute Gasteiger partial charge is 0.396 e. The zero-order chi connectivity index (χ0) is 14.1. The number of nitrogens with one attached hydrogen (secondary N) is 1. The van der Waals surface area contributed by atoms with Crippen molar-refractivity contribution < 1.29 is 9.84 Å². The van der Waals surface area contributed by atoms with E-state index in [0.717, 1.165) is 28.8 Å². The van der Waals surface area contributed by atoms with E-state index in [1.165, 1.54) is 5.56 Å². The molecule has 1 aromatic rings. The number of methoxy groups -OCH3 is 1. The van der Waals surface area contributed by atoms with Crippen LogP contribution in [0.1, 0.15) is 12.5 Å². The van der Waals surface area contributed by atoms with E-state index in [2.05, 4.69) is 11.4 Å². The van der Waals surface area contributed by atoms with E-state index < -0.39 is 0 Å². The monoisotopic (exact) mass is 303 g/mol. The third-order valence-electron chi connectivity index (χ3n) is 2.64. The number of rotatable bonds is 9. The number of aliphatic hydroxyl groups excluding tert-OH is 1. The molecule has 0 aromatic heterocycles. The molecule has 0 aliphatic carbocycles. The van der Waals surface area contributed by atoms with Crippen LogP contribution in [0, 0.1) is 5.92 Å². The van der Waals surface area contributed by atoms with Gasteiger partial charge in [0, 0.05) is 37.5 Å². The Morgan fingerprint density at radius 2 is 2.26 bits per heavy atom. The Bertz CT molecular complexity index is 376. The summed E-state index contributed by atoms with van der Waals surface area (Å²) in [5.41, 5.74) is 1.17. The second-order valence-corrected chi connectivity index (χ2v) is 6.00. The molecule has 1 atom stereocenters. The minimum Gasteiger partial charge on any atom is -0.396 e. The summed E-state index contributed by atoms with van der Waals surface area (Å²) in [6, 6.07) is 6.12. The molecular weight excluding hydrogens is 282 g/mol. The smallest absolute Gasteiger partial charge is 0.0587 e. The molecule has 0 saturated carbocycles. The van der Waals surface area contributed by atoms with Crippen LogP contribution < -0.4 is 5.32 Å². The number of benzene rings is 1. The van der Waals surface area contributed by atoms with Gasteiger partial charge in [-0.1, -0.05) is 24.6 Å². The Kier molecular flexibility index (Phi) is 8.50. The Morgan fingerprint density at radius 3 is 2.89 bits per heavy atom. The van der Waals surface area contributed by atoms with Gasteiger partial charge in [-0.2, -0.15) is 0 Å². The molecular formula is C14H22ClNO2S. The van der Waals surface area contributed by atoms with Gasteiger partial charge in [0.2, 0.25) is 0 Å². The van der Waals surface area contributed by atoms with E-state index in [4.69, 9.17) is 21.4 Å². The highest BCUT2D eigenvalue weighted by molar-refractivity contribution is 7.99. The Balaban J connectivity index is 2.45.